The number of esters is 2. The SMILES string of the molecule is CCC(C)(C)C(=O)OCC(O)COC(=O)/C(C#N)=C/C1CCC(O)CC1. The second-order valence-corrected chi connectivity index (χ2v) is 7.35. The predicted molar refractivity (Wildman–Crippen MR) is 93.7 cm³/mol. The van der Waals surface area contributed by atoms with Crippen LogP contribution in [0.1, 0.15) is 52.9 Å². The van der Waals surface area contributed by atoms with Gasteiger partial charge in [0, 0.05) is 0 Å². The first-order valence-corrected chi connectivity index (χ1v) is 9.02. The van der Waals surface area contributed by atoms with Crippen LogP contribution < -0.4 is 0 Å². The van der Waals surface area contributed by atoms with Crippen molar-refractivity contribution in [2.75, 3.05) is 13.2 Å². The van der Waals surface area contributed by atoms with Crippen LogP contribution in [0.5, 0.6) is 0 Å². The van der Waals surface area contributed by atoms with Gasteiger partial charge in [-0.2, -0.15) is 5.26 Å². The molecule has 0 heterocycles. The van der Waals surface area contributed by atoms with E-state index in [1.165, 1.54) is 0 Å². The summed E-state index contributed by atoms with van der Waals surface area (Å²) in [4.78, 5) is 23.8. The molecular weight excluding hydrogens is 338 g/mol. The molecule has 146 valence electrons. The van der Waals surface area contributed by atoms with Crippen molar-refractivity contribution in [3.63, 3.8) is 0 Å². The third kappa shape index (κ3) is 7.14. The molecule has 7 heteroatoms. The van der Waals surface area contributed by atoms with Crippen molar-refractivity contribution in [2.45, 2.75) is 65.1 Å². The normalized spacial score (nSPS) is 22.2. The van der Waals surface area contributed by atoms with E-state index in [0.717, 1.165) is 0 Å². The number of carbonyl (C=O) groups is 2. The van der Waals surface area contributed by atoms with Gasteiger partial charge in [-0.1, -0.05) is 13.0 Å². The first-order chi connectivity index (χ1) is 12.2. The first-order valence-electron chi connectivity index (χ1n) is 9.02. The minimum Gasteiger partial charge on any atom is -0.462 e. The Hall–Kier alpha value is -1.91. The molecule has 0 amide bonds. The lowest BCUT2D eigenvalue weighted by Crippen LogP contribution is -2.31. The number of hydrogen-bond acceptors (Lipinski definition) is 7. The number of aliphatic hydroxyl groups excluding tert-OH is 2. The minimum absolute atomic E-state index is 0.0581. The topological polar surface area (TPSA) is 117 Å². The number of rotatable bonds is 8. The lowest BCUT2D eigenvalue weighted by molar-refractivity contribution is -0.159. The number of nitrogens with zero attached hydrogens (tertiary/aromatic N) is 1. The minimum atomic E-state index is -1.15. The highest BCUT2D eigenvalue weighted by molar-refractivity contribution is 5.92. The third-order valence-corrected chi connectivity index (χ3v) is 4.73. The summed E-state index contributed by atoms with van der Waals surface area (Å²) < 4.78 is 9.97. The van der Waals surface area contributed by atoms with Crippen molar-refractivity contribution in [2.24, 2.45) is 11.3 Å². The molecule has 26 heavy (non-hydrogen) atoms. The van der Waals surface area contributed by atoms with Gasteiger partial charge in [0.1, 0.15) is 31.0 Å². The van der Waals surface area contributed by atoms with Gasteiger partial charge >= 0.3 is 11.9 Å². The van der Waals surface area contributed by atoms with Crippen LogP contribution in [0.3, 0.4) is 0 Å². The largest absolute Gasteiger partial charge is 0.462 e. The van der Waals surface area contributed by atoms with Gasteiger partial charge in [0.05, 0.1) is 11.5 Å². The molecule has 0 aromatic heterocycles. The van der Waals surface area contributed by atoms with E-state index in [1.807, 2.05) is 13.0 Å². The maximum absolute atomic E-state index is 12.0. The molecular formula is C19H29NO6. The zero-order valence-corrected chi connectivity index (χ0v) is 15.7. The van der Waals surface area contributed by atoms with Crippen molar-refractivity contribution in [3.8, 4) is 6.07 Å². The number of ether oxygens (including phenoxy) is 2. The van der Waals surface area contributed by atoms with Crippen LogP contribution in [0.25, 0.3) is 0 Å². The summed E-state index contributed by atoms with van der Waals surface area (Å²) in [6, 6.07) is 1.82. The summed E-state index contributed by atoms with van der Waals surface area (Å²) in [5.74, 6) is -1.18. The van der Waals surface area contributed by atoms with Crippen molar-refractivity contribution >= 4 is 11.9 Å². The lowest BCUT2D eigenvalue weighted by Gasteiger charge is -2.23. The smallest absolute Gasteiger partial charge is 0.348 e. The Bertz CT molecular complexity index is 555. The zero-order chi connectivity index (χ0) is 19.7. The number of aliphatic hydroxyl groups is 2. The second-order valence-electron chi connectivity index (χ2n) is 7.35. The van der Waals surface area contributed by atoms with Gasteiger partial charge in [0.15, 0.2) is 0 Å². The van der Waals surface area contributed by atoms with Crippen LogP contribution in [0.2, 0.25) is 0 Å². The third-order valence-electron chi connectivity index (χ3n) is 4.73. The Morgan fingerprint density at radius 3 is 2.35 bits per heavy atom. The summed E-state index contributed by atoms with van der Waals surface area (Å²) in [6.07, 6.45) is 3.43. The molecule has 0 bridgehead atoms. The van der Waals surface area contributed by atoms with Crippen molar-refractivity contribution in [1.29, 1.82) is 5.26 Å². The molecule has 2 N–H and O–H groups in total. The number of nitriles is 1. The number of allylic oxidation sites excluding steroid dienone is 1. The fourth-order valence-electron chi connectivity index (χ4n) is 2.46. The van der Waals surface area contributed by atoms with E-state index in [0.29, 0.717) is 32.1 Å². The molecule has 1 fully saturated rings. The van der Waals surface area contributed by atoms with Crippen molar-refractivity contribution in [3.05, 3.63) is 11.6 Å². The van der Waals surface area contributed by atoms with Gasteiger partial charge in [-0.25, -0.2) is 4.79 Å². The van der Waals surface area contributed by atoms with E-state index in [2.05, 4.69) is 0 Å². The van der Waals surface area contributed by atoms with Crippen LogP contribution in [0, 0.1) is 22.7 Å². The van der Waals surface area contributed by atoms with E-state index in [-0.39, 0.29) is 30.8 Å². The van der Waals surface area contributed by atoms with Crippen molar-refractivity contribution < 1.29 is 29.3 Å². The molecule has 7 nitrogen and oxygen atoms in total. The Labute approximate surface area is 154 Å². The van der Waals surface area contributed by atoms with Gasteiger partial charge in [-0.3, -0.25) is 4.79 Å². The van der Waals surface area contributed by atoms with Crippen LogP contribution in [-0.4, -0.2) is 47.6 Å². The highest BCUT2D eigenvalue weighted by Crippen LogP contribution is 2.26. The molecule has 0 aliphatic heterocycles. The standard InChI is InChI=1S/C19H29NO6/c1-4-19(2,3)18(24)26-12-16(22)11-25-17(23)14(10-20)9-13-5-7-15(21)8-6-13/h9,13,15-16,21-22H,4-8,11-12H2,1-3H3/b14-9+. The average molecular weight is 367 g/mol. The van der Waals surface area contributed by atoms with Crippen molar-refractivity contribution in [1.82, 2.24) is 0 Å². The van der Waals surface area contributed by atoms with Crippen LogP contribution in [0.15, 0.2) is 11.6 Å². The maximum Gasteiger partial charge on any atom is 0.348 e. The quantitative estimate of drug-likeness (QED) is 0.382. The molecule has 1 unspecified atom stereocenters. The molecule has 0 saturated heterocycles. The lowest BCUT2D eigenvalue weighted by atomic mass is 9.86. The van der Waals surface area contributed by atoms with E-state index in [9.17, 15) is 19.8 Å². The van der Waals surface area contributed by atoms with E-state index in [4.69, 9.17) is 14.7 Å². The predicted octanol–water partition coefficient (Wildman–Crippen LogP) is 1.87. The molecule has 0 aromatic rings. The number of hydrogen-bond donors (Lipinski definition) is 2. The fraction of sp³-hybridized carbons (Fsp3) is 0.737. The van der Waals surface area contributed by atoms with Gasteiger partial charge < -0.3 is 19.7 Å². The summed E-state index contributed by atoms with van der Waals surface area (Å²) in [6.45, 7) is 4.72. The maximum atomic E-state index is 12.0. The molecule has 1 rings (SSSR count). The summed E-state index contributed by atoms with van der Waals surface area (Å²) in [5, 5.41) is 28.4. The van der Waals surface area contributed by atoms with E-state index in [1.54, 1.807) is 19.9 Å². The van der Waals surface area contributed by atoms with Gasteiger partial charge in [-0.15, -0.1) is 0 Å². The highest BCUT2D eigenvalue weighted by atomic mass is 16.6. The van der Waals surface area contributed by atoms with Crippen LogP contribution in [-0.2, 0) is 19.1 Å². The highest BCUT2D eigenvalue weighted by Gasteiger charge is 2.28. The van der Waals surface area contributed by atoms with Gasteiger partial charge in [0.2, 0.25) is 0 Å². The fourth-order valence-corrected chi connectivity index (χ4v) is 2.46. The van der Waals surface area contributed by atoms with Gasteiger partial charge in [-0.05, 0) is 51.9 Å². The van der Waals surface area contributed by atoms with Crippen LogP contribution in [0.4, 0.5) is 0 Å². The Morgan fingerprint density at radius 2 is 1.81 bits per heavy atom. The van der Waals surface area contributed by atoms with Gasteiger partial charge in [0.25, 0.3) is 0 Å². The van der Waals surface area contributed by atoms with E-state index < -0.39 is 23.5 Å². The van der Waals surface area contributed by atoms with Crippen LogP contribution >= 0.6 is 0 Å². The summed E-state index contributed by atoms with van der Waals surface area (Å²) in [5.41, 5.74) is -0.747. The first kappa shape index (κ1) is 22.1. The monoisotopic (exact) mass is 367 g/mol. The Balaban J connectivity index is 2.43. The molecule has 0 spiro atoms. The summed E-state index contributed by atoms with van der Waals surface area (Å²) in [7, 11) is 0. The summed E-state index contributed by atoms with van der Waals surface area (Å²) >= 11 is 0. The Morgan fingerprint density at radius 1 is 1.23 bits per heavy atom. The molecule has 0 radical (unpaired) electrons. The van der Waals surface area contributed by atoms with E-state index >= 15 is 0 Å². The zero-order valence-electron chi connectivity index (χ0n) is 15.7. The Kier molecular flexibility index (Phi) is 8.76. The molecule has 1 aliphatic rings. The molecule has 1 aliphatic carbocycles. The molecule has 1 saturated carbocycles. The molecule has 0 aromatic carbocycles. The number of carbonyl (C=O) groups excluding carboxylic acids is 2. The average Bonchev–Trinajstić information content (AvgIpc) is 2.63. The molecule has 1 atom stereocenters. The second kappa shape index (κ2) is 10.3.